The molecule has 0 aliphatic heterocycles. The largest absolute Gasteiger partial charge is 0.480 e. The lowest BCUT2D eigenvalue weighted by atomic mass is 10.1. The van der Waals surface area contributed by atoms with Crippen molar-refractivity contribution in [3.05, 3.63) is 36.0 Å². The van der Waals surface area contributed by atoms with Crippen LogP contribution in [-0.4, -0.2) is 28.0 Å². The Hall–Kier alpha value is -2.30. The number of carboxylic acid groups (broad SMARTS) is 1. The minimum atomic E-state index is -1.10. The molecule has 0 bridgehead atoms. The second kappa shape index (κ2) is 4.91. The van der Waals surface area contributed by atoms with Gasteiger partial charge in [0, 0.05) is 31.8 Å². The molecule has 5 heteroatoms. The van der Waals surface area contributed by atoms with Crippen molar-refractivity contribution in [1.29, 1.82) is 0 Å². The zero-order valence-corrected chi connectivity index (χ0v) is 9.64. The number of nitrogens with one attached hydrogen (secondary N) is 2. The van der Waals surface area contributed by atoms with Crippen LogP contribution in [0.2, 0.25) is 0 Å². The molecule has 3 N–H and O–H groups in total. The number of rotatable bonds is 4. The standard InChI is InChI=1S/C13H14N2O3/c1-8(16)15-12(13(17)18)6-9-7-14-11-5-3-2-4-10(9)11/h2-5,7,12,14H,6H2,1H3,(H,15,16)(H,17,18)/t12-/m0/s1/i1D. The second-order valence-corrected chi connectivity index (χ2v) is 4.02. The SMILES string of the molecule is [2H]CC(=O)N[C@@H](Cc1c[nH]c2ccccc12)C(=O)O. The summed E-state index contributed by atoms with van der Waals surface area (Å²) in [4.78, 5) is 25.3. The summed E-state index contributed by atoms with van der Waals surface area (Å²) in [5.74, 6) is -1.70. The van der Waals surface area contributed by atoms with Crippen LogP contribution in [0.4, 0.5) is 0 Å². The summed E-state index contributed by atoms with van der Waals surface area (Å²) in [6.07, 6.45) is 1.93. The maximum Gasteiger partial charge on any atom is 0.326 e. The summed E-state index contributed by atoms with van der Waals surface area (Å²) in [7, 11) is 0. The summed E-state index contributed by atoms with van der Waals surface area (Å²) in [5.41, 5.74) is 1.75. The van der Waals surface area contributed by atoms with Gasteiger partial charge in [-0.2, -0.15) is 0 Å². The molecule has 0 spiro atoms. The van der Waals surface area contributed by atoms with Crippen LogP contribution in [0.5, 0.6) is 0 Å². The number of carbonyl (C=O) groups excluding carboxylic acids is 1. The molecule has 0 aliphatic rings. The van der Waals surface area contributed by atoms with Gasteiger partial charge in [-0.1, -0.05) is 18.2 Å². The minimum absolute atomic E-state index is 0.186. The maximum atomic E-state index is 11.1. The Bertz CT molecular complexity index is 609. The Labute approximate surface area is 105 Å². The van der Waals surface area contributed by atoms with Gasteiger partial charge in [0.25, 0.3) is 0 Å². The first-order valence-corrected chi connectivity index (χ1v) is 5.48. The lowest BCUT2D eigenvalue weighted by molar-refractivity contribution is -0.141. The van der Waals surface area contributed by atoms with Crippen molar-refractivity contribution < 1.29 is 16.1 Å². The van der Waals surface area contributed by atoms with Gasteiger partial charge < -0.3 is 15.4 Å². The molecule has 1 aromatic carbocycles. The van der Waals surface area contributed by atoms with Crippen molar-refractivity contribution in [3.63, 3.8) is 0 Å². The molecule has 5 nitrogen and oxygen atoms in total. The Balaban J connectivity index is 2.21. The summed E-state index contributed by atoms with van der Waals surface area (Å²) in [6.45, 7) is -0.475. The second-order valence-electron chi connectivity index (χ2n) is 4.02. The lowest BCUT2D eigenvalue weighted by Crippen LogP contribution is -2.41. The molecular formula is C13H14N2O3. The summed E-state index contributed by atoms with van der Waals surface area (Å²) in [5, 5.41) is 12.4. The fraction of sp³-hybridized carbons (Fsp3) is 0.231. The maximum absolute atomic E-state index is 11.1. The molecule has 0 saturated heterocycles. The van der Waals surface area contributed by atoms with Gasteiger partial charge >= 0.3 is 5.97 Å². The van der Waals surface area contributed by atoms with Gasteiger partial charge in [-0.3, -0.25) is 4.79 Å². The molecule has 1 aromatic heterocycles. The van der Waals surface area contributed by atoms with Crippen LogP contribution in [0.15, 0.2) is 30.5 Å². The van der Waals surface area contributed by atoms with E-state index in [-0.39, 0.29) is 6.42 Å². The van der Waals surface area contributed by atoms with Gasteiger partial charge in [0.15, 0.2) is 0 Å². The normalized spacial score (nSPS) is 13.0. The number of hydrogen-bond acceptors (Lipinski definition) is 2. The number of amides is 1. The van der Waals surface area contributed by atoms with Crippen molar-refractivity contribution in [3.8, 4) is 0 Å². The first-order valence-electron chi connectivity index (χ1n) is 6.19. The lowest BCUT2D eigenvalue weighted by Gasteiger charge is -2.12. The highest BCUT2D eigenvalue weighted by Gasteiger charge is 2.20. The molecule has 1 amide bonds. The van der Waals surface area contributed by atoms with Crippen molar-refractivity contribution in [1.82, 2.24) is 10.3 Å². The van der Waals surface area contributed by atoms with Gasteiger partial charge in [-0.15, -0.1) is 0 Å². The number of aromatic nitrogens is 1. The smallest absolute Gasteiger partial charge is 0.326 e. The average molecular weight is 247 g/mol. The van der Waals surface area contributed by atoms with Gasteiger partial charge in [-0.25, -0.2) is 4.79 Å². The molecule has 18 heavy (non-hydrogen) atoms. The van der Waals surface area contributed by atoms with E-state index in [1.165, 1.54) is 0 Å². The number of benzene rings is 1. The molecule has 0 saturated carbocycles. The highest BCUT2D eigenvalue weighted by Crippen LogP contribution is 2.19. The number of aromatic amines is 1. The highest BCUT2D eigenvalue weighted by atomic mass is 16.4. The number of carboxylic acids is 1. The molecule has 2 rings (SSSR count). The van der Waals surface area contributed by atoms with E-state index in [4.69, 9.17) is 6.48 Å². The van der Waals surface area contributed by atoms with Crippen molar-refractivity contribution in [2.24, 2.45) is 0 Å². The highest BCUT2D eigenvalue weighted by molar-refractivity contribution is 5.86. The molecule has 1 heterocycles. The Morgan fingerprint density at radius 3 is 3.00 bits per heavy atom. The minimum Gasteiger partial charge on any atom is -0.480 e. The van der Waals surface area contributed by atoms with Crippen LogP contribution >= 0.6 is 0 Å². The zero-order valence-electron chi connectivity index (χ0n) is 10.6. The van der Waals surface area contributed by atoms with Crippen LogP contribution in [0.1, 0.15) is 13.8 Å². The third-order valence-electron chi connectivity index (χ3n) is 2.73. The van der Waals surface area contributed by atoms with Crippen LogP contribution in [-0.2, 0) is 16.0 Å². The van der Waals surface area contributed by atoms with Crippen LogP contribution in [0.25, 0.3) is 10.9 Å². The Morgan fingerprint density at radius 1 is 1.50 bits per heavy atom. The molecule has 0 aliphatic carbocycles. The van der Waals surface area contributed by atoms with E-state index in [2.05, 4.69) is 10.3 Å². The summed E-state index contributed by atoms with van der Waals surface area (Å²) < 4.78 is 6.91. The van der Waals surface area contributed by atoms with E-state index >= 15 is 0 Å². The molecule has 94 valence electrons. The van der Waals surface area contributed by atoms with Crippen LogP contribution in [0.3, 0.4) is 0 Å². The average Bonchev–Trinajstić information content (AvgIpc) is 2.81. The molecular weight excluding hydrogens is 232 g/mol. The first-order chi connectivity index (χ1) is 9.11. The van der Waals surface area contributed by atoms with E-state index in [9.17, 15) is 9.59 Å². The first kappa shape index (κ1) is 10.8. The quantitative estimate of drug-likeness (QED) is 0.761. The fourth-order valence-electron chi connectivity index (χ4n) is 1.91. The number of hydrogen-bond donors (Lipinski definition) is 3. The number of para-hydroxylation sites is 1. The zero-order chi connectivity index (χ0) is 13.8. The molecule has 2 aromatic rings. The fourth-order valence-corrected chi connectivity index (χ4v) is 1.91. The number of aliphatic carboxylic acids is 1. The summed E-state index contributed by atoms with van der Waals surface area (Å²) in [6, 6.07) is 6.54. The van der Waals surface area contributed by atoms with E-state index < -0.39 is 24.8 Å². The number of carbonyl (C=O) groups is 2. The predicted molar refractivity (Wildman–Crippen MR) is 67.2 cm³/mol. The number of H-pyrrole nitrogens is 1. The van der Waals surface area contributed by atoms with E-state index in [0.717, 1.165) is 16.5 Å². The molecule has 0 radical (unpaired) electrons. The van der Waals surface area contributed by atoms with Gasteiger partial charge in [0.1, 0.15) is 6.04 Å². The molecule has 0 unspecified atom stereocenters. The van der Waals surface area contributed by atoms with Gasteiger partial charge in [0.2, 0.25) is 5.91 Å². The van der Waals surface area contributed by atoms with E-state index in [0.29, 0.717) is 0 Å². The van der Waals surface area contributed by atoms with Crippen LogP contribution in [0, 0.1) is 0 Å². The van der Waals surface area contributed by atoms with Crippen molar-refractivity contribution in [2.45, 2.75) is 19.4 Å². The Kier molecular flexibility index (Phi) is 2.96. The monoisotopic (exact) mass is 247 g/mol. The molecule has 1 atom stereocenters. The van der Waals surface area contributed by atoms with Crippen molar-refractivity contribution >= 4 is 22.8 Å². The third-order valence-corrected chi connectivity index (χ3v) is 2.73. The van der Waals surface area contributed by atoms with Crippen molar-refractivity contribution in [2.75, 3.05) is 0 Å². The van der Waals surface area contributed by atoms with Crippen LogP contribution < -0.4 is 5.32 Å². The third kappa shape index (κ3) is 2.51. The van der Waals surface area contributed by atoms with Gasteiger partial charge in [-0.05, 0) is 11.6 Å². The molecule has 0 fully saturated rings. The predicted octanol–water partition coefficient (Wildman–Crippen LogP) is 1.30. The van der Waals surface area contributed by atoms with E-state index in [1.54, 1.807) is 6.20 Å². The summed E-state index contributed by atoms with van der Waals surface area (Å²) >= 11 is 0. The number of fused-ring (bicyclic) bond motifs is 1. The Morgan fingerprint density at radius 2 is 2.28 bits per heavy atom. The van der Waals surface area contributed by atoms with E-state index in [1.807, 2.05) is 24.3 Å². The van der Waals surface area contributed by atoms with Gasteiger partial charge in [0.05, 0.1) is 0 Å². The topological polar surface area (TPSA) is 82.2 Å².